The van der Waals surface area contributed by atoms with Gasteiger partial charge in [-0.25, -0.2) is 12.8 Å². The number of carbonyl (C=O) groups excluding carboxylic acids is 1. The first kappa shape index (κ1) is 21.6. The van der Waals surface area contributed by atoms with Crippen LogP contribution in [0.25, 0.3) is 0 Å². The molecule has 0 bridgehead atoms. The van der Waals surface area contributed by atoms with Crippen LogP contribution in [0.4, 0.5) is 4.39 Å². The first-order valence-electron chi connectivity index (χ1n) is 8.90. The second-order valence-corrected chi connectivity index (χ2v) is 8.05. The molecule has 0 saturated carbocycles. The number of carbonyl (C=O) groups is 1. The van der Waals surface area contributed by atoms with Crippen LogP contribution < -0.4 is 0 Å². The number of terminal acetylenes is 1. The third-order valence-corrected chi connectivity index (χ3v) is 6.33. The van der Waals surface area contributed by atoms with E-state index in [0.29, 0.717) is 13.1 Å². The highest BCUT2D eigenvalue weighted by molar-refractivity contribution is 7.89. The molecule has 2 aromatic carbocycles. The zero-order chi connectivity index (χ0) is 20.7. The van der Waals surface area contributed by atoms with Gasteiger partial charge in [-0.3, -0.25) is 4.79 Å². The van der Waals surface area contributed by atoms with Gasteiger partial charge in [-0.2, -0.15) is 4.31 Å². The van der Waals surface area contributed by atoms with E-state index in [9.17, 15) is 17.6 Å². The first-order chi connectivity index (χ1) is 13.3. The van der Waals surface area contributed by atoms with E-state index in [-0.39, 0.29) is 35.3 Å². The fourth-order valence-electron chi connectivity index (χ4n) is 2.80. The van der Waals surface area contributed by atoms with Crippen molar-refractivity contribution >= 4 is 15.9 Å². The maximum absolute atomic E-state index is 13.1. The molecule has 0 saturated heterocycles. The maximum Gasteiger partial charge on any atom is 0.254 e. The molecule has 0 N–H and O–H groups in total. The van der Waals surface area contributed by atoms with Crippen LogP contribution >= 0.6 is 0 Å². The zero-order valence-corrected chi connectivity index (χ0v) is 16.7. The van der Waals surface area contributed by atoms with Crippen LogP contribution in [0, 0.1) is 18.2 Å². The Balaban J connectivity index is 2.33. The summed E-state index contributed by atoms with van der Waals surface area (Å²) >= 11 is 0. The second-order valence-electron chi connectivity index (χ2n) is 6.11. The summed E-state index contributed by atoms with van der Waals surface area (Å²) in [5.74, 6) is 1.68. The number of sulfonamides is 1. The molecule has 5 nitrogen and oxygen atoms in total. The molecule has 2 aromatic rings. The lowest BCUT2D eigenvalue weighted by molar-refractivity contribution is 0.0765. The lowest BCUT2D eigenvalue weighted by atomic mass is 10.1. The van der Waals surface area contributed by atoms with E-state index in [2.05, 4.69) is 5.92 Å². The molecule has 0 aliphatic carbocycles. The van der Waals surface area contributed by atoms with E-state index in [0.717, 1.165) is 5.56 Å². The number of halogens is 1. The SMILES string of the molecule is C#CCN(Cc1ccc(F)cc1)C(=O)c1cccc(S(=O)(=O)N(CC)CC)c1. The summed E-state index contributed by atoms with van der Waals surface area (Å²) in [5.41, 5.74) is 0.947. The minimum absolute atomic E-state index is 0.0449. The number of benzene rings is 2. The van der Waals surface area contributed by atoms with E-state index < -0.39 is 10.0 Å². The summed E-state index contributed by atoms with van der Waals surface area (Å²) < 4.78 is 39.9. The van der Waals surface area contributed by atoms with Gasteiger partial charge in [0.25, 0.3) is 5.91 Å². The summed E-state index contributed by atoms with van der Waals surface area (Å²) in [6.07, 6.45) is 5.39. The average Bonchev–Trinajstić information content (AvgIpc) is 2.69. The first-order valence-corrected chi connectivity index (χ1v) is 10.3. The zero-order valence-electron chi connectivity index (χ0n) is 15.9. The van der Waals surface area contributed by atoms with Gasteiger partial charge in [0.2, 0.25) is 10.0 Å². The molecule has 0 heterocycles. The van der Waals surface area contributed by atoms with Gasteiger partial charge in [-0.05, 0) is 35.9 Å². The number of amides is 1. The van der Waals surface area contributed by atoms with Gasteiger partial charge in [-0.15, -0.1) is 6.42 Å². The number of nitrogens with zero attached hydrogens (tertiary/aromatic N) is 2. The Morgan fingerprint density at radius 1 is 1.11 bits per heavy atom. The Labute approximate surface area is 165 Å². The third-order valence-electron chi connectivity index (χ3n) is 4.28. The minimum Gasteiger partial charge on any atom is -0.323 e. The normalized spacial score (nSPS) is 11.2. The average molecular weight is 402 g/mol. The van der Waals surface area contributed by atoms with Crippen molar-refractivity contribution in [3.8, 4) is 12.3 Å². The van der Waals surface area contributed by atoms with Gasteiger partial charge in [0.15, 0.2) is 0 Å². The summed E-state index contributed by atoms with van der Waals surface area (Å²) in [6.45, 7) is 4.43. The topological polar surface area (TPSA) is 57.7 Å². The fraction of sp³-hybridized carbons (Fsp3) is 0.286. The van der Waals surface area contributed by atoms with Crippen molar-refractivity contribution in [2.24, 2.45) is 0 Å². The van der Waals surface area contributed by atoms with Crippen molar-refractivity contribution in [3.63, 3.8) is 0 Å². The highest BCUT2D eigenvalue weighted by Crippen LogP contribution is 2.19. The van der Waals surface area contributed by atoms with Gasteiger partial charge < -0.3 is 4.90 Å². The third kappa shape index (κ3) is 4.97. The van der Waals surface area contributed by atoms with Crippen LogP contribution in [0.2, 0.25) is 0 Å². The number of hydrogen-bond donors (Lipinski definition) is 0. The molecular formula is C21H23FN2O3S. The van der Waals surface area contributed by atoms with Crippen LogP contribution in [0.5, 0.6) is 0 Å². The van der Waals surface area contributed by atoms with Gasteiger partial charge >= 0.3 is 0 Å². The van der Waals surface area contributed by atoms with Crippen molar-refractivity contribution in [1.29, 1.82) is 0 Å². The summed E-state index contributed by atoms with van der Waals surface area (Å²) in [5, 5.41) is 0. The molecular weight excluding hydrogens is 379 g/mol. The van der Waals surface area contributed by atoms with Crippen LogP contribution in [0.15, 0.2) is 53.4 Å². The van der Waals surface area contributed by atoms with Gasteiger partial charge in [0.05, 0.1) is 11.4 Å². The number of rotatable bonds is 8. The summed E-state index contributed by atoms with van der Waals surface area (Å²) in [7, 11) is -3.68. The Bertz CT molecular complexity index is 962. The molecule has 2 rings (SSSR count). The predicted molar refractivity (Wildman–Crippen MR) is 107 cm³/mol. The molecule has 28 heavy (non-hydrogen) atoms. The van der Waals surface area contributed by atoms with E-state index >= 15 is 0 Å². The molecule has 0 radical (unpaired) electrons. The molecule has 0 atom stereocenters. The van der Waals surface area contributed by atoms with E-state index in [1.165, 1.54) is 39.5 Å². The maximum atomic E-state index is 13.1. The lowest BCUT2D eigenvalue weighted by Gasteiger charge is -2.22. The Morgan fingerprint density at radius 3 is 2.32 bits per heavy atom. The highest BCUT2D eigenvalue weighted by atomic mass is 32.2. The van der Waals surface area contributed by atoms with Gasteiger partial charge in [0, 0.05) is 25.2 Å². The van der Waals surface area contributed by atoms with E-state index in [4.69, 9.17) is 6.42 Å². The molecule has 1 amide bonds. The molecule has 0 aliphatic heterocycles. The Kier molecular flexibility index (Phi) is 7.32. The van der Waals surface area contributed by atoms with E-state index in [1.54, 1.807) is 32.0 Å². The van der Waals surface area contributed by atoms with Crippen molar-refractivity contribution in [3.05, 3.63) is 65.5 Å². The molecule has 0 unspecified atom stereocenters. The van der Waals surface area contributed by atoms with E-state index in [1.807, 2.05) is 0 Å². The van der Waals surface area contributed by atoms with Crippen molar-refractivity contribution in [2.45, 2.75) is 25.3 Å². The Morgan fingerprint density at radius 2 is 1.75 bits per heavy atom. The molecule has 148 valence electrons. The van der Waals surface area contributed by atoms with Crippen LogP contribution in [-0.4, -0.2) is 43.2 Å². The van der Waals surface area contributed by atoms with Crippen LogP contribution in [0.1, 0.15) is 29.8 Å². The summed E-state index contributed by atoms with van der Waals surface area (Å²) in [6, 6.07) is 11.7. The molecule has 0 aromatic heterocycles. The van der Waals surface area contributed by atoms with Gasteiger partial charge in [-0.1, -0.05) is 38.0 Å². The molecule has 0 spiro atoms. The smallest absolute Gasteiger partial charge is 0.254 e. The van der Waals surface area contributed by atoms with Crippen LogP contribution in [0.3, 0.4) is 0 Å². The fourth-order valence-corrected chi connectivity index (χ4v) is 4.31. The minimum atomic E-state index is -3.68. The summed E-state index contributed by atoms with van der Waals surface area (Å²) in [4.78, 5) is 14.4. The number of hydrogen-bond acceptors (Lipinski definition) is 3. The highest BCUT2D eigenvalue weighted by Gasteiger charge is 2.23. The largest absolute Gasteiger partial charge is 0.323 e. The second kappa shape index (κ2) is 9.49. The predicted octanol–water partition coefficient (Wildman–Crippen LogP) is 3.13. The lowest BCUT2D eigenvalue weighted by Crippen LogP contribution is -2.32. The van der Waals surface area contributed by atoms with Gasteiger partial charge in [0.1, 0.15) is 5.82 Å². The molecule has 0 aliphatic rings. The molecule has 7 heteroatoms. The molecule has 0 fully saturated rings. The van der Waals surface area contributed by atoms with Crippen LogP contribution in [-0.2, 0) is 16.6 Å². The van der Waals surface area contributed by atoms with Crippen molar-refractivity contribution in [1.82, 2.24) is 9.21 Å². The quantitative estimate of drug-likeness (QED) is 0.638. The van der Waals surface area contributed by atoms with Crippen molar-refractivity contribution < 1.29 is 17.6 Å². The Hall–Kier alpha value is -2.69. The monoisotopic (exact) mass is 402 g/mol. The standard InChI is InChI=1S/C21H23FN2O3S/c1-4-14-23(16-17-10-12-19(22)13-11-17)21(25)18-8-7-9-20(15-18)28(26,27)24(5-2)6-3/h1,7-13,15H,5-6,14,16H2,2-3H3. The van der Waals surface area contributed by atoms with Crippen molar-refractivity contribution in [2.75, 3.05) is 19.6 Å².